The van der Waals surface area contributed by atoms with E-state index in [1.165, 1.54) is 0 Å². The van der Waals surface area contributed by atoms with Gasteiger partial charge in [-0.1, -0.05) is 6.08 Å². The Morgan fingerprint density at radius 3 is 3.08 bits per heavy atom. The van der Waals surface area contributed by atoms with E-state index in [2.05, 4.69) is 11.6 Å². The fourth-order valence-corrected chi connectivity index (χ4v) is 3.82. The number of halogens is 1. The van der Waals surface area contributed by atoms with Gasteiger partial charge in [0.25, 0.3) is 0 Å². The monoisotopic (exact) mass is 358 g/mol. The second-order valence-electron chi connectivity index (χ2n) is 6.52. The number of piperidine rings is 1. The summed E-state index contributed by atoms with van der Waals surface area (Å²) in [7, 11) is 1.62. The maximum Gasteiger partial charge on any atom is 0.163 e. The predicted molar refractivity (Wildman–Crippen MR) is 101 cm³/mol. The quantitative estimate of drug-likeness (QED) is 0.433. The summed E-state index contributed by atoms with van der Waals surface area (Å²) < 4.78 is 7.10. The first-order chi connectivity index (χ1) is 12.1. The van der Waals surface area contributed by atoms with E-state index < -0.39 is 0 Å². The summed E-state index contributed by atoms with van der Waals surface area (Å²) in [5.41, 5.74) is 1.53. The highest BCUT2D eigenvalue weighted by atomic mass is 35.5. The predicted octanol–water partition coefficient (Wildman–Crippen LogP) is 4.48. The van der Waals surface area contributed by atoms with Gasteiger partial charge in [0.05, 0.1) is 12.6 Å². The standard InChI is InChI=1S/C20H23ClN2O2/c1-3-14-13-23(21)11-9-15(14)4-7-20(24)17-8-10-22-19-6-5-16(25-2)12-18(17)19/h3,5-6,8,10,12,14-15H,1,4,7,9,11,13H2,2H3/t14-,15+/m0/s1. The number of hydrogen-bond acceptors (Lipinski definition) is 4. The second kappa shape index (κ2) is 7.98. The van der Waals surface area contributed by atoms with Gasteiger partial charge in [-0.3, -0.25) is 9.78 Å². The normalized spacial score (nSPS) is 21.2. The summed E-state index contributed by atoms with van der Waals surface area (Å²) in [6.45, 7) is 5.59. The fourth-order valence-electron chi connectivity index (χ4n) is 3.56. The highest BCUT2D eigenvalue weighted by Gasteiger charge is 2.27. The molecule has 1 aliphatic heterocycles. The van der Waals surface area contributed by atoms with Gasteiger partial charge >= 0.3 is 0 Å². The number of ether oxygens (including phenoxy) is 1. The van der Waals surface area contributed by atoms with Crippen LogP contribution < -0.4 is 4.74 Å². The molecule has 132 valence electrons. The summed E-state index contributed by atoms with van der Waals surface area (Å²) >= 11 is 6.11. The number of hydrogen-bond donors (Lipinski definition) is 0. The number of methoxy groups -OCH3 is 1. The molecular formula is C20H23ClN2O2. The van der Waals surface area contributed by atoms with Crippen molar-refractivity contribution in [3.05, 3.63) is 48.7 Å². The van der Waals surface area contributed by atoms with Crippen molar-refractivity contribution in [1.82, 2.24) is 9.40 Å². The van der Waals surface area contributed by atoms with Gasteiger partial charge in [-0.15, -0.1) is 6.58 Å². The van der Waals surface area contributed by atoms with Gasteiger partial charge in [-0.25, -0.2) is 4.42 Å². The number of rotatable bonds is 6. The van der Waals surface area contributed by atoms with Gasteiger partial charge < -0.3 is 4.74 Å². The maximum atomic E-state index is 12.8. The first kappa shape index (κ1) is 17.9. The molecule has 4 nitrogen and oxygen atoms in total. The second-order valence-corrected chi connectivity index (χ2v) is 7.00. The molecule has 3 rings (SSSR count). The van der Waals surface area contributed by atoms with Crippen LogP contribution in [0, 0.1) is 11.8 Å². The molecule has 0 bridgehead atoms. The summed E-state index contributed by atoms with van der Waals surface area (Å²) in [6, 6.07) is 7.43. The van der Waals surface area contributed by atoms with E-state index >= 15 is 0 Å². The van der Waals surface area contributed by atoms with Crippen LogP contribution in [0.2, 0.25) is 0 Å². The van der Waals surface area contributed by atoms with Crippen molar-refractivity contribution in [2.75, 3.05) is 20.2 Å². The summed E-state index contributed by atoms with van der Waals surface area (Å²) in [5.74, 6) is 1.68. The SMILES string of the molecule is C=C[C@H]1CN(Cl)CC[C@H]1CCC(=O)c1ccnc2ccc(OC)cc12. The molecular weight excluding hydrogens is 336 g/mol. The van der Waals surface area contributed by atoms with Gasteiger partial charge in [0.1, 0.15) is 5.75 Å². The first-order valence-electron chi connectivity index (χ1n) is 8.61. The third kappa shape index (κ3) is 4.02. The number of fused-ring (bicyclic) bond motifs is 1. The number of carbonyl (C=O) groups excluding carboxylic acids is 1. The molecule has 1 fully saturated rings. The highest BCUT2D eigenvalue weighted by molar-refractivity contribution is 6.13. The van der Waals surface area contributed by atoms with Gasteiger partial charge in [0.2, 0.25) is 0 Å². The summed E-state index contributed by atoms with van der Waals surface area (Å²) in [5, 5.41) is 0.850. The van der Waals surface area contributed by atoms with Crippen LogP contribution in [-0.4, -0.2) is 35.4 Å². The number of ketones is 1. The minimum absolute atomic E-state index is 0.150. The topological polar surface area (TPSA) is 42.4 Å². The van der Waals surface area contributed by atoms with Crippen LogP contribution in [0.1, 0.15) is 29.6 Å². The Morgan fingerprint density at radius 1 is 1.48 bits per heavy atom. The number of aromatic nitrogens is 1. The lowest BCUT2D eigenvalue weighted by Gasteiger charge is -2.33. The smallest absolute Gasteiger partial charge is 0.163 e. The Morgan fingerprint density at radius 2 is 2.32 bits per heavy atom. The van der Waals surface area contributed by atoms with Crippen molar-refractivity contribution in [2.45, 2.75) is 19.3 Å². The van der Waals surface area contributed by atoms with Crippen LogP contribution in [-0.2, 0) is 0 Å². The molecule has 1 aromatic carbocycles. The third-order valence-electron chi connectivity index (χ3n) is 5.05. The van der Waals surface area contributed by atoms with E-state index in [0.717, 1.165) is 42.6 Å². The maximum absolute atomic E-state index is 12.8. The van der Waals surface area contributed by atoms with Crippen LogP contribution in [0.15, 0.2) is 43.1 Å². The Bertz CT molecular complexity index is 777. The molecule has 0 saturated carbocycles. The van der Waals surface area contributed by atoms with Crippen LogP contribution >= 0.6 is 11.8 Å². The van der Waals surface area contributed by atoms with E-state index in [1.54, 1.807) is 19.4 Å². The van der Waals surface area contributed by atoms with Crippen molar-refractivity contribution in [1.29, 1.82) is 0 Å². The Kier molecular flexibility index (Phi) is 5.71. The van der Waals surface area contributed by atoms with E-state index in [1.807, 2.05) is 28.7 Å². The molecule has 1 aromatic heterocycles. The Labute approximate surface area is 153 Å². The van der Waals surface area contributed by atoms with Crippen molar-refractivity contribution >= 4 is 28.5 Å². The minimum Gasteiger partial charge on any atom is -0.497 e. The average Bonchev–Trinajstić information content (AvgIpc) is 2.65. The van der Waals surface area contributed by atoms with Crippen LogP contribution in [0.5, 0.6) is 5.75 Å². The van der Waals surface area contributed by atoms with E-state index in [-0.39, 0.29) is 5.78 Å². The summed E-state index contributed by atoms with van der Waals surface area (Å²) in [4.78, 5) is 17.2. The molecule has 0 aliphatic carbocycles. The number of carbonyl (C=O) groups is 1. The Balaban J connectivity index is 1.75. The fraction of sp³-hybridized carbons (Fsp3) is 0.400. The van der Waals surface area contributed by atoms with Gasteiger partial charge in [-0.05, 0) is 60.7 Å². The molecule has 0 unspecified atom stereocenters. The molecule has 2 heterocycles. The van der Waals surface area contributed by atoms with E-state index in [0.29, 0.717) is 23.8 Å². The number of Topliss-reactive ketones (excluding diaryl/α,β-unsaturated/α-hetero) is 1. The molecule has 0 spiro atoms. The Hall–Kier alpha value is -1.91. The minimum atomic E-state index is 0.150. The van der Waals surface area contributed by atoms with Crippen LogP contribution in [0.3, 0.4) is 0 Å². The molecule has 0 amide bonds. The first-order valence-corrected chi connectivity index (χ1v) is 8.95. The van der Waals surface area contributed by atoms with Gasteiger partial charge in [0.15, 0.2) is 5.78 Å². The molecule has 5 heteroatoms. The molecule has 1 saturated heterocycles. The molecule has 2 aromatic rings. The molecule has 2 atom stereocenters. The van der Waals surface area contributed by atoms with Crippen molar-refractivity contribution < 1.29 is 9.53 Å². The lowest BCUT2D eigenvalue weighted by molar-refractivity contribution is 0.0963. The van der Waals surface area contributed by atoms with E-state index in [9.17, 15) is 4.79 Å². The molecule has 0 radical (unpaired) electrons. The molecule has 1 aliphatic rings. The summed E-state index contributed by atoms with van der Waals surface area (Å²) in [6.07, 6.45) is 6.04. The zero-order chi connectivity index (χ0) is 17.8. The average molecular weight is 359 g/mol. The lowest BCUT2D eigenvalue weighted by Crippen LogP contribution is -2.34. The number of nitrogens with zero attached hydrogens (tertiary/aromatic N) is 2. The van der Waals surface area contributed by atoms with Crippen molar-refractivity contribution in [2.24, 2.45) is 11.8 Å². The molecule has 25 heavy (non-hydrogen) atoms. The number of pyridine rings is 1. The third-order valence-corrected chi connectivity index (χ3v) is 5.36. The van der Waals surface area contributed by atoms with Gasteiger partial charge in [0, 0.05) is 36.7 Å². The zero-order valence-electron chi connectivity index (χ0n) is 14.5. The van der Waals surface area contributed by atoms with Gasteiger partial charge in [-0.2, -0.15) is 0 Å². The number of benzene rings is 1. The lowest BCUT2D eigenvalue weighted by atomic mass is 9.82. The molecule has 0 N–H and O–H groups in total. The van der Waals surface area contributed by atoms with E-state index in [4.69, 9.17) is 16.5 Å². The largest absolute Gasteiger partial charge is 0.497 e. The highest BCUT2D eigenvalue weighted by Crippen LogP contribution is 2.30. The van der Waals surface area contributed by atoms with Crippen LogP contribution in [0.4, 0.5) is 0 Å². The zero-order valence-corrected chi connectivity index (χ0v) is 15.2. The van der Waals surface area contributed by atoms with Crippen LogP contribution in [0.25, 0.3) is 10.9 Å². The van der Waals surface area contributed by atoms with Crippen molar-refractivity contribution in [3.8, 4) is 5.75 Å². The van der Waals surface area contributed by atoms with Crippen molar-refractivity contribution in [3.63, 3.8) is 0 Å².